The Bertz CT molecular complexity index is 362. The number of hydrogen-bond acceptors (Lipinski definition) is 2. The van der Waals surface area contributed by atoms with Gasteiger partial charge in [0, 0.05) is 19.1 Å². The van der Waals surface area contributed by atoms with Crippen molar-refractivity contribution in [3.05, 3.63) is 35.4 Å². The SMILES string of the molecule is CCCCCCN1CCc2ccccc2C1CN. The maximum Gasteiger partial charge on any atom is 0.0473 e. The van der Waals surface area contributed by atoms with Crippen LogP contribution in [0, 0.1) is 0 Å². The monoisotopic (exact) mass is 246 g/mol. The fourth-order valence-electron chi connectivity index (χ4n) is 2.99. The second-order valence-corrected chi connectivity index (χ2v) is 5.30. The summed E-state index contributed by atoms with van der Waals surface area (Å²) in [7, 11) is 0. The van der Waals surface area contributed by atoms with Crippen molar-refractivity contribution >= 4 is 0 Å². The number of fused-ring (bicyclic) bond motifs is 1. The molecule has 100 valence electrons. The summed E-state index contributed by atoms with van der Waals surface area (Å²) in [5.41, 5.74) is 8.96. The number of nitrogens with zero attached hydrogens (tertiary/aromatic N) is 1. The number of hydrogen-bond donors (Lipinski definition) is 1. The first-order chi connectivity index (χ1) is 8.86. The van der Waals surface area contributed by atoms with E-state index in [9.17, 15) is 0 Å². The molecule has 1 aliphatic heterocycles. The molecule has 0 fully saturated rings. The minimum absolute atomic E-state index is 0.441. The van der Waals surface area contributed by atoms with E-state index in [1.54, 1.807) is 0 Å². The quantitative estimate of drug-likeness (QED) is 0.781. The molecule has 1 aromatic rings. The molecule has 0 amide bonds. The summed E-state index contributed by atoms with van der Waals surface area (Å²) in [6, 6.07) is 9.24. The molecule has 1 aliphatic rings. The van der Waals surface area contributed by atoms with Crippen molar-refractivity contribution in [2.45, 2.75) is 45.1 Å². The lowest BCUT2D eigenvalue weighted by molar-refractivity contribution is 0.185. The van der Waals surface area contributed by atoms with E-state index in [-0.39, 0.29) is 0 Å². The average Bonchev–Trinajstić information content (AvgIpc) is 2.43. The summed E-state index contributed by atoms with van der Waals surface area (Å²) < 4.78 is 0. The minimum atomic E-state index is 0.441. The summed E-state index contributed by atoms with van der Waals surface area (Å²) in [6.45, 7) is 5.38. The van der Waals surface area contributed by atoms with Gasteiger partial charge in [-0.1, -0.05) is 50.5 Å². The Morgan fingerprint density at radius 3 is 2.83 bits per heavy atom. The van der Waals surface area contributed by atoms with E-state index in [4.69, 9.17) is 5.73 Å². The minimum Gasteiger partial charge on any atom is -0.329 e. The van der Waals surface area contributed by atoms with E-state index in [2.05, 4.69) is 36.1 Å². The maximum absolute atomic E-state index is 6.00. The highest BCUT2D eigenvalue weighted by Crippen LogP contribution is 2.28. The van der Waals surface area contributed by atoms with Gasteiger partial charge in [0.05, 0.1) is 0 Å². The Morgan fingerprint density at radius 1 is 1.22 bits per heavy atom. The van der Waals surface area contributed by atoms with Crippen molar-refractivity contribution in [1.82, 2.24) is 4.90 Å². The Morgan fingerprint density at radius 2 is 2.06 bits per heavy atom. The molecule has 2 rings (SSSR count). The number of rotatable bonds is 6. The van der Waals surface area contributed by atoms with Gasteiger partial charge in [0.15, 0.2) is 0 Å². The van der Waals surface area contributed by atoms with Crippen LogP contribution in [0.25, 0.3) is 0 Å². The molecule has 0 aliphatic carbocycles. The van der Waals surface area contributed by atoms with E-state index in [1.165, 1.54) is 56.3 Å². The second-order valence-electron chi connectivity index (χ2n) is 5.30. The number of nitrogens with two attached hydrogens (primary N) is 1. The molecule has 1 atom stereocenters. The van der Waals surface area contributed by atoms with Gasteiger partial charge in [-0.15, -0.1) is 0 Å². The van der Waals surface area contributed by atoms with Crippen molar-refractivity contribution < 1.29 is 0 Å². The first kappa shape index (κ1) is 13.6. The molecule has 18 heavy (non-hydrogen) atoms. The van der Waals surface area contributed by atoms with E-state index in [1.807, 2.05) is 0 Å². The van der Waals surface area contributed by atoms with Gasteiger partial charge in [0.25, 0.3) is 0 Å². The summed E-state index contributed by atoms with van der Waals surface area (Å²) in [4.78, 5) is 2.58. The van der Waals surface area contributed by atoms with E-state index in [0.717, 1.165) is 6.54 Å². The van der Waals surface area contributed by atoms with Crippen molar-refractivity contribution in [1.29, 1.82) is 0 Å². The van der Waals surface area contributed by atoms with Gasteiger partial charge in [-0.3, -0.25) is 4.90 Å². The zero-order valence-electron chi connectivity index (χ0n) is 11.6. The summed E-state index contributed by atoms with van der Waals surface area (Å²) >= 11 is 0. The molecule has 0 saturated heterocycles. The maximum atomic E-state index is 6.00. The van der Waals surface area contributed by atoms with E-state index < -0.39 is 0 Å². The lowest BCUT2D eigenvalue weighted by Gasteiger charge is -2.36. The van der Waals surface area contributed by atoms with Crippen LogP contribution in [0.2, 0.25) is 0 Å². The predicted molar refractivity (Wildman–Crippen MR) is 77.7 cm³/mol. The van der Waals surface area contributed by atoms with Crippen LogP contribution in [-0.4, -0.2) is 24.5 Å². The number of benzene rings is 1. The molecule has 1 heterocycles. The fourth-order valence-corrected chi connectivity index (χ4v) is 2.99. The van der Waals surface area contributed by atoms with Crippen LogP contribution in [0.4, 0.5) is 0 Å². The lowest BCUT2D eigenvalue weighted by Crippen LogP contribution is -2.39. The van der Waals surface area contributed by atoms with Crippen molar-refractivity contribution in [3.63, 3.8) is 0 Å². The topological polar surface area (TPSA) is 29.3 Å². The summed E-state index contributed by atoms with van der Waals surface area (Å²) in [5, 5.41) is 0. The second kappa shape index (κ2) is 6.91. The normalized spacial score (nSPS) is 19.8. The van der Waals surface area contributed by atoms with Crippen LogP contribution in [0.1, 0.15) is 49.8 Å². The number of unbranched alkanes of at least 4 members (excludes halogenated alkanes) is 3. The van der Waals surface area contributed by atoms with Crippen molar-refractivity contribution in [3.8, 4) is 0 Å². The average molecular weight is 246 g/mol. The zero-order chi connectivity index (χ0) is 12.8. The zero-order valence-corrected chi connectivity index (χ0v) is 11.6. The van der Waals surface area contributed by atoms with Gasteiger partial charge >= 0.3 is 0 Å². The highest BCUT2D eigenvalue weighted by molar-refractivity contribution is 5.32. The molecule has 1 unspecified atom stereocenters. The lowest BCUT2D eigenvalue weighted by atomic mass is 9.92. The standard InChI is InChI=1S/C16H26N2/c1-2-3-4-7-11-18-12-10-14-8-5-6-9-15(14)16(18)13-17/h5-6,8-9,16H,2-4,7,10-13,17H2,1H3. The van der Waals surface area contributed by atoms with Gasteiger partial charge in [0.2, 0.25) is 0 Å². The fraction of sp³-hybridized carbons (Fsp3) is 0.625. The molecule has 0 bridgehead atoms. The van der Waals surface area contributed by atoms with Gasteiger partial charge < -0.3 is 5.73 Å². The molecule has 2 N–H and O–H groups in total. The Labute approximate surface area is 111 Å². The molecule has 0 aromatic heterocycles. The van der Waals surface area contributed by atoms with Crippen LogP contribution < -0.4 is 5.73 Å². The third kappa shape index (κ3) is 3.12. The third-order valence-corrected chi connectivity index (χ3v) is 4.05. The van der Waals surface area contributed by atoms with Crippen LogP contribution >= 0.6 is 0 Å². The van der Waals surface area contributed by atoms with Crippen molar-refractivity contribution in [2.24, 2.45) is 5.73 Å². The highest BCUT2D eigenvalue weighted by Gasteiger charge is 2.25. The van der Waals surface area contributed by atoms with Crippen LogP contribution in [-0.2, 0) is 6.42 Å². The first-order valence-electron chi connectivity index (χ1n) is 7.38. The Balaban J connectivity index is 1.97. The summed E-state index contributed by atoms with van der Waals surface area (Å²) in [5.74, 6) is 0. The van der Waals surface area contributed by atoms with Crippen LogP contribution in [0.3, 0.4) is 0 Å². The van der Waals surface area contributed by atoms with Gasteiger partial charge in [-0.25, -0.2) is 0 Å². The van der Waals surface area contributed by atoms with Gasteiger partial charge in [-0.2, -0.15) is 0 Å². The molecular formula is C16H26N2. The summed E-state index contributed by atoms with van der Waals surface area (Å²) in [6.07, 6.45) is 6.51. The predicted octanol–water partition coefficient (Wildman–Crippen LogP) is 3.12. The molecule has 2 heteroatoms. The van der Waals surface area contributed by atoms with Crippen molar-refractivity contribution in [2.75, 3.05) is 19.6 Å². The molecule has 2 nitrogen and oxygen atoms in total. The van der Waals surface area contributed by atoms with Gasteiger partial charge in [0.1, 0.15) is 0 Å². The third-order valence-electron chi connectivity index (χ3n) is 4.05. The Kier molecular flexibility index (Phi) is 5.21. The van der Waals surface area contributed by atoms with E-state index >= 15 is 0 Å². The molecular weight excluding hydrogens is 220 g/mol. The smallest absolute Gasteiger partial charge is 0.0473 e. The molecule has 0 saturated carbocycles. The van der Waals surface area contributed by atoms with Gasteiger partial charge in [-0.05, 0) is 30.5 Å². The molecule has 1 aromatic carbocycles. The molecule has 0 radical (unpaired) electrons. The molecule has 0 spiro atoms. The van der Waals surface area contributed by atoms with Crippen LogP contribution in [0.15, 0.2) is 24.3 Å². The largest absolute Gasteiger partial charge is 0.329 e. The van der Waals surface area contributed by atoms with E-state index in [0.29, 0.717) is 6.04 Å². The van der Waals surface area contributed by atoms with Crippen LogP contribution in [0.5, 0.6) is 0 Å². The first-order valence-corrected chi connectivity index (χ1v) is 7.38. The highest BCUT2D eigenvalue weighted by atomic mass is 15.2. The Hall–Kier alpha value is -0.860.